The lowest BCUT2D eigenvalue weighted by atomic mass is 9.84. The second-order valence-electron chi connectivity index (χ2n) is 10.8. The molecule has 42 heavy (non-hydrogen) atoms. The van der Waals surface area contributed by atoms with E-state index in [0.717, 1.165) is 26.7 Å². The second-order valence-corrected chi connectivity index (χ2v) is 11.2. The molecule has 1 saturated heterocycles. The van der Waals surface area contributed by atoms with Crippen molar-refractivity contribution in [2.45, 2.75) is 58.6 Å². The van der Waals surface area contributed by atoms with Gasteiger partial charge in [0.15, 0.2) is 5.78 Å². The number of alkyl halides is 5. The number of aryl methyl sites for hydroxylation is 1. The maximum absolute atomic E-state index is 13.2. The van der Waals surface area contributed by atoms with Crippen molar-refractivity contribution >= 4 is 29.1 Å². The fourth-order valence-electron chi connectivity index (χ4n) is 4.39. The molecule has 6 nitrogen and oxygen atoms in total. The molecule has 1 heterocycles. The highest BCUT2D eigenvalue weighted by molar-refractivity contribution is 6.34. The first-order chi connectivity index (χ1) is 19.7. The summed E-state index contributed by atoms with van der Waals surface area (Å²) in [6.07, 6.45) is -6.33. The van der Waals surface area contributed by atoms with Gasteiger partial charge < -0.3 is 14.8 Å². The number of benzene rings is 2. The molecular formula is C30H33ClF5NO5. The van der Waals surface area contributed by atoms with E-state index in [1.165, 1.54) is 36.4 Å². The maximum atomic E-state index is 13.2. The molecule has 0 spiro atoms. The molecule has 0 aliphatic carbocycles. The van der Waals surface area contributed by atoms with Crippen molar-refractivity contribution in [1.82, 2.24) is 5.32 Å². The van der Waals surface area contributed by atoms with E-state index >= 15 is 0 Å². The summed E-state index contributed by atoms with van der Waals surface area (Å²) in [5.74, 6) is -1.92. The first-order valence-electron chi connectivity index (χ1n) is 13.5. The molecule has 1 fully saturated rings. The summed E-state index contributed by atoms with van der Waals surface area (Å²) in [6, 6.07) is 8.59. The molecule has 1 atom stereocenters. The van der Waals surface area contributed by atoms with Crippen molar-refractivity contribution < 1.29 is 45.8 Å². The number of ether oxygens (including phenoxy) is 2. The Hall–Kier alpha value is -3.05. The molecule has 1 aliphatic heterocycles. The molecule has 1 amide bonds. The van der Waals surface area contributed by atoms with Crippen molar-refractivity contribution in [1.29, 1.82) is 0 Å². The van der Waals surface area contributed by atoms with Gasteiger partial charge in [0.1, 0.15) is 23.6 Å². The number of amides is 1. The minimum atomic E-state index is -4.69. The van der Waals surface area contributed by atoms with Gasteiger partial charge in [0.25, 0.3) is 12.3 Å². The van der Waals surface area contributed by atoms with Crippen molar-refractivity contribution in [3.8, 4) is 5.75 Å². The van der Waals surface area contributed by atoms with Crippen LogP contribution < -0.4 is 10.1 Å². The lowest BCUT2D eigenvalue weighted by molar-refractivity contribution is -0.210. The van der Waals surface area contributed by atoms with Crippen LogP contribution in [-0.4, -0.2) is 56.4 Å². The predicted octanol–water partition coefficient (Wildman–Crippen LogP) is 6.66. The van der Waals surface area contributed by atoms with E-state index < -0.39 is 42.1 Å². The minimum Gasteiger partial charge on any atom is -0.487 e. The fraction of sp³-hybridized carbons (Fsp3) is 0.500. The summed E-state index contributed by atoms with van der Waals surface area (Å²) in [6.45, 7) is 2.22. The quantitative estimate of drug-likeness (QED) is 0.201. The molecule has 1 aliphatic rings. The molecule has 2 aromatic rings. The molecule has 2 aromatic carbocycles. The van der Waals surface area contributed by atoms with E-state index in [1.807, 2.05) is 0 Å². The van der Waals surface area contributed by atoms with Gasteiger partial charge in [-0.2, -0.15) is 13.2 Å². The Morgan fingerprint density at radius 3 is 2.40 bits per heavy atom. The van der Waals surface area contributed by atoms with E-state index in [4.69, 9.17) is 21.1 Å². The van der Waals surface area contributed by atoms with E-state index in [-0.39, 0.29) is 47.1 Å². The molecule has 3 rings (SSSR count). The van der Waals surface area contributed by atoms with Gasteiger partial charge in [-0.05, 0) is 74.4 Å². The highest BCUT2D eigenvalue weighted by atomic mass is 35.5. The van der Waals surface area contributed by atoms with Crippen LogP contribution in [0.1, 0.15) is 65.0 Å². The lowest BCUT2D eigenvalue weighted by Crippen LogP contribution is -2.39. The summed E-state index contributed by atoms with van der Waals surface area (Å²) >= 11 is 6.24. The number of Topliss-reactive ketones (excluding diaryl/α,β-unsaturated/α-hetero) is 2. The smallest absolute Gasteiger partial charge is 0.400 e. The Bertz CT molecular complexity index is 1280. The topological polar surface area (TPSA) is 81.7 Å². The Kier molecular flexibility index (Phi) is 11.5. The number of ketones is 2. The highest BCUT2D eigenvalue weighted by Crippen LogP contribution is 2.39. The summed E-state index contributed by atoms with van der Waals surface area (Å²) in [4.78, 5) is 38.4. The maximum Gasteiger partial charge on any atom is 0.400 e. The Morgan fingerprint density at radius 1 is 1.07 bits per heavy atom. The Morgan fingerprint density at radius 2 is 1.76 bits per heavy atom. The number of rotatable bonds is 13. The highest BCUT2D eigenvalue weighted by Gasteiger charge is 2.51. The summed E-state index contributed by atoms with van der Waals surface area (Å²) in [7, 11) is 0. The molecule has 0 bridgehead atoms. The van der Waals surface area contributed by atoms with E-state index in [1.54, 1.807) is 0 Å². The number of hydrogen-bond acceptors (Lipinski definition) is 5. The first-order valence-corrected chi connectivity index (χ1v) is 13.9. The summed E-state index contributed by atoms with van der Waals surface area (Å²) < 4.78 is 75.7. The largest absolute Gasteiger partial charge is 0.487 e. The van der Waals surface area contributed by atoms with E-state index in [2.05, 4.69) is 5.32 Å². The van der Waals surface area contributed by atoms with Crippen LogP contribution in [0.4, 0.5) is 22.0 Å². The van der Waals surface area contributed by atoms with Crippen LogP contribution in [0, 0.1) is 11.3 Å². The van der Waals surface area contributed by atoms with Crippen LogP contribution >= 0.6 is 11.6 Å². The van der Waals surface area contributed by atoms with Gasteiger partial charge >= 0.3 is 6.18 Å². The third-order valence-electron chi connectivity index (χ3n) is 7.20. The average molecular weight is 618 g/mol. The normalized spacial score (nSPS) is 15.9. The molecular weight excluding hydrogens is 585 g/mol. The zero-order valence-electron chi connectivity index (χ0n) is 23.3. The summed E-state index contributed by atoms with van der Waals surface area (Å²) in [5.41, 5.74) is -1.57. The minimum absolute atomic E-state index is 0.0108. The van der Waals surface area contributed by atoms with Crippen molar-refractivity contribution in [2.24, 2.45) is 11.3 Å². The van der Waals surface area contributed by atoms with Crippen molar-refractivity contribution in [3.05, 3.63) is 63.7 Å². The average Bonchev–Trinajstić information content (AvgIpc) is 2.94. The van der Waals surface area contributed by atoms with Gasteiger partial charge in [-0.1, -0.05) is 23.7 Å². The van der Waals surface area contributed by atoms with Crippen molar-refractivity contribution in [3.63, 3.8) is 0 Å². The zero-order valence-corrected chi connectivity index (χ0v) is 24.0. The fourth-order valence-corrected chi connectivity index (χ4v) is 4.62. The van der Waals surface area contributed by atoms with Gasteiger partial charge in [0.2, 0.25) is 0 Å². The van der Waals surface area contributed by atoms with Crippen LogP contribution in [0.2, 0.25) is 5.02 Å². The van der Waals surface area contributed by atoms with Gasteiger partial charge in [-0.3, -0.25) is 14.4 Å². The monoisotopic (exact) mass is 617 g/mol. The summed E-state index contributed by atoms with van der Waals surface area (Å²) in [5, 5.41) is 2.88. The van der Waals surface area contributed by atoms with Crippen molar-refractivity contribution in [2.75, 3.05) is 26.4 Å². The van der Waals surface area contributed by atoms with Gasteiger partial charge in [-0.15, -0.1) is 0 Å². The third-order valence-corrected chi connectivity index (χ3v) is 7.53. The molecule has 1 unspecified atom stereocenters. The first kappa shape index (κ1) is 33.5. The number of halogens is 6. The molecule has 12 heteroatoms. The van der Waals surface area contributed by atoms with Gasteiger partial charge in [0, 0.05) is 31.6 Å². The van der Waals surface area contributed by atoms with E-state index in [9.17, 15) is 36.3 Å². The van der Waals surface area contributed by atoms with Crippen LogP contribution in [0.5, 0.6) is 5.75 Å². The molecule has 0 saturated carbocycles. The van der Waals surface area contributed by atoms with Crippen LogP contribution in [0.15, 0.2) is 36.4 Å². The molecule has 230 valence electrons. The molecule has 1 N–H and O–H groups in total. The van der Waals surface area contributed by atoms with E-state index in [0.29, 0.717) is 30.9 Å². The van der Waals surface area contributed by atoms with Gasteiger partial charge in [-0.25, -0.2) is 8.78 Å². The van der Waals surface area contributed by atoms with Crippen LogP contribution in [-0.2, 0) is 22.4 Å². The van der Waals surface area contributed by atoms with Crippen LogP contribution in [0.25, 0.3) is 0 Å². The zero-order chi connectivity index (χ0) is 31.1. The second kappa shape index (κ2) is 14.4. The third kappa shape index (κ3) is 8.97. The standard InChI is InChI=1S/C30H33ClF5NO5/c1-29(2,30(34,35)36)26(39)10-7-18-5-8-23(31)21(12-18)24(38)14-19-6-9-25(42-17-27(32)33)22(13-19)28(40)37-15-20-4-3-11-41-16-20/h5-6,8-9,12-13,20,27H,3-4,7,10-11,14-17H2,1-2H3,(H,37,40). The lowest BCUT2D eigenvalue weighted by Gasteiger charge is -2.26. The van der Waals surface area contributed by atoms with Crippen LogP contribution in [0.3, 0.4) is 0 Å². The Labute approximate surface area is 245 Å². The number of hydrogen-bond donors (Lipinski definition) is 1. The number of carbonyl (C=O) groups excluding carboxylic acids is 3. The molecule has 0 aromatic heterocycles. The number of nitrogens with one attached hydrogen (secondary N) is 1. The van der Waals surface area contributed by atoms with Gasteiger partial charge in [0.05, 0.1) is 17.2 Å². The Balaban J connectivity index is 1.75. The number of carbonyl (C=O) groups is 3. The predicted molar refractivity (Wildman–Crippen MR) is 146 cm³/mol. The molecule has 0 radical (unpaired) electrons. The SMILES string of the molecule is CC(C)(C(=O)CCc1ccc(Cl)c(C(=O)Cc2ccc(OCC(F)F)c(C(=O)NCC3CCCOC3)c2)c1)C(F)(F)F.